The minimum Gasteiger partial charge on any atom is -0.497 e. The molecule has 2 aliphatic rings. The monoisotopic (exact) mass is 568 g/mol. The number of ether oxygens (including phenoxy) is 4. The molecule has 1 aromatic heterocycles. The summed E-state index contributed by atoms with van der Waals surface area (Å²) < 4.78 is 22.8. The SMILES string of the molecule is COc1ccc2[nH]cc(CCNC(=O)C3=C[C@H](c4cccc5c4Cc4ccccc4-5)C[C@H](OCCOCCO)O3)c2c1. The maximum Gasteiger partial charge on any atom is 0.286 e. The zero-order valence-electron chi connectivity index (χ0n) is 23.7. The van der Waals surface area contributed by atoms with E-state index in [4.69, 9.17) is 24.1 Å². The zero-order chi connectivity index (χ0) is 28.9. The summed E-state index contributed by atoms with van der Waals surface area (Å²) >= 11 is 0. The molecule has 0 bridgehead atoms. The van der Waals surface area contributed by atoms with E-state index in [1.54, 1.807) is 7.11 Å². The van der Waals surface area contributed by atoms with Crippen molar-refractivity contribution in [1.29, 1.82) is 0 Å². The largest absolute Gasteiger partial charge is 0.497 e. The van der Waals surface area contributed by atoms with Crippen LogP contribution >= 0.6 is 0 Å². The number of carbonyl (C=O) groups excluding carboxylic acids is 1. The van der Waals surface area contributed by atoms with Gasteiger partial charge >= 0.3 is 0 Å². The third-order valence-corrected chi connectivity index (χ3v) is 7.99. The van der Waals surface area contributed by atoms with Crippen LogP contribution in [-0.4, -0.2) is 62.4 Å². The van der Waals surface area contributed by atoms with Crippen LogP contribution in [0.25, 0.3) is 22.0 Å². The lowest BCUT2D eigenvalue weighted by molar-refractivity contribution is -0.151. The quantitative estimate of drug-likeness (QED) is 0.186. The fraction of sp³-hybridized carbons (Fsp3) is 0.324. The third-order valence-electron chi connectivity index (χ3n) is 7.99. The summed E-state index contributed by atoms with van der Waals surface area (Å²) in [6.45, 7) is 1.30. The summed E-state index contributed by atoms with van der Waals surface area (Å²) in [4.78, 5) is 16.7. The summed E-state index contributed by atoms with van der Waals surface area (Å²) in [6.07, 6.45) is 5.42. The smallest absolute Gasteiger partial charge is 0.286 e. The van der Waals surface area contributed by atoms with Crippen LogP contribution in [0.2, 0.25) is 0 Å². The van der Waals surface area contributed by atoms with Crippen molar-refractivity contribution in [1.82, 2.24) is 10.3 Å². The minimum atomic E-state index is -0.598. The van der Waals surface area contributed by atoms with Crippen molar-refractivity contribution in [3.63, 3.8) is 0 Å². The van der Waals surface area contributed by atoms with Gasteiger partial charge < -0.3 is 34.4 Å². The molecule has 8 nitrogen and oxygen atoms in total. The number of aromatic nitrogens is 1. The van der Waals surface area contributed by atoms with E-state index < -0.39 is 6.29 Å². The molecule has 0 saturated heterocycles. The fourth-order valence-electron chi connectivity index (χ4n) is 5.96. The van der Waals surface area contributed by atoms with E-state index in [-0.39, 0.29) is 30.8 Å². The molecule has 2 atom stereocenters. The zero-order valence-corrected chi connectivity index (χ0v) is 23.7. The van der Waals surface area contributed by atoms with Crippen LogP contribution in [0.5, 0.6) is 5.75 Å². The average Bonchev–Trinajstić information content (AvgIpc) is 3.61. The number of fused-ring (bicyclic) bond motifs is 4. The Bertz CT molecular complexity index is 1590. The van der Waals surface area contributed by atoms with Crippen LogP contribution in [0.1, 0.15) is 34.6 Å². The van der Waals surface area contributed by atoms with Crippen LogP contribution in [-0.2, 0) is 31.8 Å². The van der Waals surface area contributed by atoms with Crippen molar-refractivity contribution < 1.29 is 28.8 Å². The molecule has 0 unspecified atom stereocenters. The minimum absolute atomic E-state index is 0.0390. The lowest BCUT2D eigenvalue weighted by Gasteiger charge is -2.30. The van der Waals surface area contributed by atoms with E-state index in [9.17, 15) is 4.79 Å². The normalized spacial score (nSPS) is 17.3. The van der Waals surface area contributed by atoms with Gasteiger partial charge in [0.25, 0.3) is 5.91 Å². The van der Waals surface area contributed by atoms with E-state index in [1.165, 1.54) is 27.8 Å². The first-order valence-electron chi connectivity index (χ1n) is 14.5. The molecule has 1 aliphatic carbocycles. The lowest BCUT2D eigenvalue weighted by Crippen LogP contribution is -2.34. The molecular weight excluding hydrogens is 532 g/mol. The number of aliphatic hydroxyl groups is 1. The van der Waals surface area contributed by atoms with Crippen LogP contribution in [0.4, 0.5) is 0 Å². The van der Waals surface area contributed by atoms with Crippen LogP contribution in [0.15, 0.2) is 78.7 Å². The van der Waals surface area contributed by atoms with Gasteiger partial charge in [0.15, 0.2) is 5.76 Å². The number of amides is 1. The van der Waals surface area contributed by atoms with Gasteiger partial charge in [0.2, 0.25) is 6.29 Å². The first kappa shape index (κ1) is 28.0. The molecule has 1 amide bonds. The molecule has 0 spiro atoms. The number of carbonyl (C=O) groups is 1. The molecule has 0 fully saturated rings. The highest BCUT2D eigenvalue weighted by molar-refractivity contribution is 5.92. The lowest BCUT2D eigenvalue weighted by atomic mass is 9.87. The Kier molecular flexibility index (Phi) is 8.55. The number of H-pyrrole nitrogens is 1. The van der Waals surface area contributed by atoms with Gasteiger partial charge in [-0.1, -0.05) is 42.5 Å². The van der Waals surface area contributed by atoms with Crippen LogP contribution in [0.3, 0.4) is 0 Å². The molecule has 2 heterocycles. The molecule has 0 saturated carbocycles. The van der Waals surface area contributed by atoms with Gasteiger partial charge in [0.05, 0.1) is 33.5 Å². The van der Waals surface area contributed by atoms with Gasteiger partial charge in [0.1, 0.15) is 5.75 Å². The number of hydrogen-bond donors (Lipinski definition) is 3. The summed E-state index contributed by atoms with van der Waals surface area (Å²) in [5.41, 5.74) is 8.45. The predicted molar refractivity (Wildman–Crippen MR) is 160 cm³/mol. The van der Waals surface area contributed by atoms with Crippen molar-refractivity contribution in [3.8, 4) is 16.9 Å². The number of aromatic amines is 1. The number of benzene rings is 3. The van der Waals surface area contributed by atoms with Gasteiger partial charge in [-0.3, -0.25) is 4.79 Å². The Balaban J connectivity index is 1.18. The number of methoxy groups -OCH3 is 1. The molecule has 8 heteroatoms. The Labute approximate surface area is 245 Å². The Hall–Kier alpha value is -4.11. The highest BCUT2D eigenvalue weighted by Gasteiger charge is 2.32. The van der Waals surface area contributed by atoms with Gasteiger partial charge in [-0.05, 0) is 70.5 Å². The Morgan fingerprint density at radius 1 is 1.07 bits per heavy atom. The van der Waals surface area contributed by atoms with Crippen molar-refractivity contribution in [2.24, 2.45) is 0 Å². The maximum atomic E-state index is 13.4. The number of hydrogen-bond acceptors (Lipinski definition) is 6. The third kappa shape index (κ3) is 5.92. The van der Waals surface area contributed by atoms with Gasteiger partial charge in [0, 0.05) is 36.0 Å². The van der Waals surface area contributed by atoms with Crippen LogP contribution in [0, 0.1) is 0 Å². The molecule has 218 valence electrons. The van der Waals surface area contributed by atoms with Crippen LogP contribution < -0.4 is 10.1 Å². The average molecular weight is 569 g/mol. The molecular formula is C34H36N2O6. The number of aliphatic hydroxyl groups excluding tert-OH is 1. The highest BCUT2D eigenvalue weighted by Crippen LogP contribution is 2.42. The standard InChI is InChI=1S/C34H36N2O6/c1-39-25-9-10-31-29(20-25)23(21-36-31)11-12-35-34(38)32-18-24(19-33(42-32)41-16-15-40-14-13-37)27-7-4-8-28-26-6-3-2-5-22(26)17-30(27)28/h2-10,18,20-21,24,33,36-37H,11-17,19H2,1H3,(H,35,38)/t24-,33+/m0/s1. The van der Waals surface area contributed by atoms with Crippen molar-refractivity contribution >= 4 is 16.8 Å². The Morgan fingerprint density at radius 3 is 2.83 bits per heavy atom. The predicted octanol–water partition coefficient (Wildman–Crippen LogP) is 4.85. The summed E-state index contributed by atoms with van der Waals surface area (Å²) in [5.74, 6) is 0.745. The number of rotatable bonds is 12. The molecule has 42 heavy (non-hydrogen) atoms. The number of nitrogens with one attached hydrogen (secondary N) is 2. The first-order chi connectivity index (χ1) is 20.6. The highest BCUT2D eigenvalue weighted by atomic mass is 16.7. The topological polar surface area (TPSA) is 102 Å². The number of allylic oxidation sites excluding steroid dienone is 1. The van der Waals surface area contributed by atoms with Gasteiger partial charge in [-0.15, -0.1) is 0 Å². The summed E-state index contributed by atoms with van der Waals surface area (Å²) in [5, 5.41) is 13.1. The second kappa shape index (κ2) is 12.8. The molecule has 3 N–H and O–H groups in total. The molecule has 3 aromatic carbocycles. The first-order valence-corrected chi connectivity index (χ1v) is 14.5. The molecule has 0 radical (unpaired) electrons. The van der Waals surface area contributed by atoms with E-state index in [0.717, 1.165) is 28.6 Å². The molecule has 1 aliphatic heterocycles. The summed E-state index contributed by atoms with van der Waals surface area (Å²) in [7, 11) is 1.65. The van der Waals surface area contributed by atoms with Crippen molar-refractivity contribution in [3.05, 3.63) is 101 Å². The second-order valence-corrected chi connectivity index (χ2v) is 10.6. The van der Waals surface area contributed by atoms with Crippen molar-refractivity contribution in [2.75, 3.05) is 40.1 Å². The maximum absolute atomic E-state index is 13.4. The van der Waals surface area contributed by atoms with Crippen molar-refractivity contribution in [2.45, 2.75) is 31.5 Å². The van der Waals surface area contributed by atoms with Gasteiger partial charge in [-0.2, -0.15) is 0 Å². The van der Waals surface area contributed by atoms with E-state index in [0.29, 0.717) is 32.6 Å². The van der Waals surface area contributed by atoms with Gasteiger partial charge in [-0.25, -0.2) is 0 Å². The fourth-order valence-corrected chi connectivity index (χ4v) is 5.96. The molecule has 4 aromatic rings. The second-order valence-electron chi connectivity index (χ2n) is 10.6. The van der Waals surface area contributed by atoms with E-state index in [2.05, 4.69) is 52.8 Å². The van der Waals surface area contributed by atoms with E-state index >= 15 is 0 Å². The molecule has 6 rings (SSSR count). The summed E-state index contributed by atoms with van der Waals surface area (Å²) in [6, 6.07) is 20.8. The Morgan fingerprint density at radius 2 is 1.95 bits per heavy atom. The van der Waals surface area contributed by atoms with E-state index in [1.807, 2.05) is 30.5 Å².